The summed E-state index contributed by atoms with van der Waals surface area (Å²) in [6.07, 6.45) is 3.69. The van der Waals surface area contributed by atoms with Crippen molar-refractivity contribution in [3.05, 3.63) is 0 Å². The van der Waals surface area contributed by atoms with Gasteiger partial charge in [-0.1, -0.05) is 58.5 Å². The number of halogens is 2. The Labute approximate surface area is 103 Å². The Morgan fingerprint density at radius 3 is 1.71 bits per heavy atom. The van der Waals surface area contributed by atoms with Crippen LogP contribution in [-0.2, 0) is 9.31 Å². The van der Waals surface area contributed by atoms with E-state index in [0.29, 0.717) is 0 Å². The number of hydrogen-bond donors (Lipinski definition) is 1. The maximum atomic E-state index is 9.34. The Hall–Kier alpha value is 0.905. The maximum Gasteiger partial charge on any atom is 0.638 e. The molecule has 6 heteroatoms. The van der Waals surface area contributed by atoms with Crippen LogP contribution in [0.2, 0.25) is 0 Å². The molecular weight excluding hydrogens is 315 g/mol. The highest BCUT2D eigenvalue weighted by atomic mass is 79.9. The summed E-state index contributed by atoms with van der Waals surface area (Å²) in [6, 6.07) is 0. The molecule has 0 saturated heterocycles. The van der Waals surface area contributed by atoms with E-state index in [-0.39, 0.29) is 10.0 Å². The van der Waals surface area contributed by atoms with Gasteiger partial charge in [0.1, 0.15) is 10.0 Å². The van der Waals surface area contributed by atoms with Crippen molar-refractivity contribution in [1.29, 1.82) is 0 Å². The van der Waals surface area contributed by atoms with Gasteiger partial charge in [-0.15, -0.1) is 0 Å². The predicted molar refractivity (Wildman–Crippen MR) is 65.4 cm³/mol. The topological polar surface area (TPSA) is 38.7 Å². The average molecular weight is 332 g/mol. The Morgan fingerprint density at radius 1 is 1.07 bits per heavy atom. The Balaban J connectivity index is 3.57. The molecular formula is C8H17BBr2O3. The quantitative estimate of drug-likeness (QED) is 0.549. The second kappa shape index (κ2) is 9.15. The van der Waals surface area contributed by atoms with Crippen molar-refractivity contribution < 1.29 is 14.3 Å². The lowest BCUT2D eigenvalue weighted by molar-refractivity contribution is 0.110. The predicted octanol–water partition coefficient (Wildman–Crippen LogP) is 3.04. The van der Waals surface area contributed by atoms with Gasteiger partial charge in [0.15, 0.2) is 0 Å². The van der Waals surface area contributed by atoms with Gasteiger partial charge in [0, 0.05) is 0 Å². The summed E-state index contributed by atoms with van der Waals surface area (Å²) in [7, 11) is -1.16. The number of hydrogen-bond acceptors (Lipinski definition) is 3. The number of alkyl halides is 2. The minimum Gasteiger partial charge on any atom is -0.402 e. The van der Waals surface area contributed by atoms with E-state index >= 15 is 0 Å². The van der Waals surface area contributed by atoms with Crippen LogP contribution >= 0.6 is 31.9 Å². The van der Waals surface area contributed by atoms with Crippen LogP contribution in [0.25, 0.3) is 0 Å². The Bertz CT molecular complexity index is 126. The molecule has 0 amide bonds. The Kier molecular flexibility index (Phi) is 9.75. The van der Waals surface area contributed by atoms with Gasteiger partial charge < -0.3 is 14.3 Å². The number of rotatable bonds is 8. The summed E-state index contributed by atoms with van der Waals surface area (Å²) in [5.74, 6) is 0. The molecule has 84 valence electrons. The molecule has 0 aromatic carbocycles. The van der Waals surface area contributed by atoms with Crippen LogP contribution in [0.5, 0.6) is 0 Å². The van der Waals surface area contributed by atoms with Crippen LogP contribution in [-0.4, -0.2) is 22.4 Å². The highest BCUT2D eigenvalue weighted by Crippen LogP contribution is 2.14. The molecule has 2 unspecified atom stereocenters. The monoisotopic (exact) mass is 330 g/mol. The van der Waals surface area contributed by atoms with Crippen LogP contribution in [0.3, 0.4) is 0 Å². The zero-order valence-corrected chi connectivity index (χ0v) is 11.8. The second-order valence-electron chi connectivity index (χ2n) is 2.98. The molecule has 0 radical (unpaired) electrons. The van der Waals surface area contributed by atoms with Crippen molar-refractivity contribution >= 4 is 39.2 Å². The SMILES string of the molecule is CCCC(Br)OB(O)OC(Br)CCC. The van der Waals surface area contributed by atoms with E-state index in [9.17, 15) is 5.02 Å². The van der Waals surface area contributed by atoms with Crippen LogP contribution in [0.15, 0.2) is 0 Å². The molecule has 0 aliphatic rings. The summed E-state index contributed by atoms with van der Waals surface area (Å²) in [5.41, 5.74) is 0. The molecule has 0 aromatic rings. The highest BCUT2D eigenvalue weighted by Gasteiger charge is 2.22. The Morgan fingerprint density at radius 2 is 1.43 bits per heavy atom. The summed E-state index contributed by atoms with van der Waals surface area (Å²) in [6.45, 7) is 4.10. The van der Waals surface area contributed by atoms with E-state index in [2.05, 4.69) is 45.7 Å². The van der Waals surface area contributed by atoms with Gasteiger partial charge in [0.2, 0.25) is 0 Å². The summed E-state index contributed by atoms with van der Waals surface area (Å²) < 4.78 is 10.3. The highest BCUT2D eigenvalue weighted by molar-refractivity contribution is 9.09. The zero-order chi connectivity index (χ0) is 11.0. The van der Waals surface area contributed by atoms with Gasteiger partial charge in [-0.25, -0.2) is 0 Å². The van der Waals surface area contributed by atoms with Gasteiger partial charge >= 0.3 is 7.32 Å². The molecule has 0 bridgehead atoms. The lowest BCUT2D eigenvalue weighted by Gasteiger charge is -2.16. The molecule has 1 N–H and O–H groups in total. The molecule has 0 rings (SSSR count). The van der Waals surface area contributed by atoms with E-state index < -0.39 is 7.32 Å². The lowest BCUT2D eigenvalue weighted by Crippen LogP contribution is -2.29. The van der Waals surface area contributed by atoms with Gasteiger partial charge in [0.25, 0.3) is 0 Å². The molecule has 3 nitrogen and oxygen atoms in total. The van der Waals surface area contributed by atoms with Crippen molar-refractivity contribution in [2.24, 2.45) is 0 Å². The third-order valence-electron chi connectivity index (χ3n) is 1.56. The first kappa shape index (κ1) is 14.9. The fourth-order valence-electron chi connectivity index (χ4n) is 0.875. The third kappa shape index (κ3) is 8.23. The minimum absolute atomic E-state index is 0.149. The lowest BCUT2D eigenvalue weighted by atomic mass is 10.2. The van der Waals surface area contributed by atoms with Gasteiger partial charge in [0.05, 0.1) is 0 Å². The normalized spacial score (nSPS) is 15.2. The third-order valence-corrected chi connectivity index (χ3v) is 2.91. The zero-order valence-electron chi connectivity index (χ0n) is 8.58. The fourth-order valence-corrected chi connectivity index (χ4v) is 2.16. The molecule has 0 aromatic heterocycles. The van der Waals surface area contributed by atoms with E-state index in [0.717, 1.165) is 25.7 Å². The van der Waals surface area contributed by atoms with Crippen LogP contribution < -0.4 is 0 Å². The van der Waals surface area contributed by atoms with E-state index in [1.807, 2.05) is 0 Å². The maximum absolute atomic E-state index is 9.34. The van der Waals surface area contributed by atoms with E-state index in [1.165, 1.54) is 0 Å². The van der Waals surface area contributed by atoms with Crippen LogP contribution in [0.1, 0.15) is 39.5 Å². The molecule has 0 fully saturated rings. The molecule has 0 saturated carbocycles. The van der Waals surface area contributed by atoms with Gasteiger partial charge in [-0.2, -0.15) is 0 Å². The van der Waals surface area contributed by atoms with Crippen molar-refractivity contribution in [3.63, 3.8) is 0 Å². The second-order valence-corrected chi connectivity index (χ2v) is 5.02. The summed E-state index contributed by atoms with van der Waals surface area (Å²) in [5, 5.41) is 9.04. The molecule has 0 heterocycles. The molecule has 14 heavy (non-hydrogen) atoms. The van der Waals surface area contributed by atoms with Crippen molar-refractivity contribution in [1.82, 2.24) is 0 Å². The molecule has 0 spiro atoms. The van der Waals surface area contributed by atoms with E-state index in [4.69, 9.17) is 9.31 Å². The first-order valence-corrected chi connectivity index (χ1v) is 6.70. The first-order valence-electron chi connectivity index (χ1n) is 4.87. The largest absolute Gasteiger partial charge is 0.638 e. The van der Waals surface area contributed by atoms with Gasteiger partial charge in [-0.3, -0.25) is 0 Å². The molecule has 0 aliphatic heterocycles. The van der Waals surface area contributed by atoms with Crippen LogP contribution in [0, 0.1) is 0 Å². The molecule has 0 aliphatic carbocycles. The summed E-state index contributed by atoms with van der Waals surface area (Å²) in [4.78, 5) is 0. The smallest absolute Gasteiger partial charge is 0.402 e. The van der Waals surface area contributed by atoms with Gasteiger partial charge in [-0.05, 0) is 12.8 Å². The standard InChI is InChI=1S/C8H17BBr2O3/c1-3-5-7(10)13-9(12)14-8(11)6-4-2/h7-8,12H,3-6H2,1-2H3. The minimum atomic E-state index is -1.16. The first-order chi connectivity index (χ1) is 6.60. The van der Waals surface area contributed by atoms with Crippen molar-refractivity contribution in [3.8, 4) is 0 Å². The van der Waals surface area contributed by atoms with Crippen molar-refractivity contribution in [2.45, 2.75) is 49.6 Å². The summed E-state index contributed by atoms with van der Waals surface area (Å²) >= 11 is 6.58. The molecule has 2 atom stereocenters. The fraction of sp³-hybridized carbons (Fsp3) is 1.00. The average Bonchev–Trinajstić information content (AvgIpc) is 2.03. The van der Waals surface area contributed by atoms with E-state index in [1.54, 1.807) is 0 Å². The van der Waals surface area contributed by atoms with Crippen LogP contribution in [0.4, 0.5) is 0 Å². The van der Waals surface area contributed by atoms with Crippen molar-refractivity contribution in [2.75, 3.05) is 0 Å².